The van der Waals surface area contributed by atoms with Crippen molar-refractivity contribution in [2.75, 3.05) is 13.1 Å². The largest absolute Gasteiger partial charge is 0.416 e. The zero-order chi connectivity index (χ0) is 26.7. The maximum Gasteiger partial charge on any atom is 0.416 e. The van der Waals surface area contributed by atoms with Crippen LogP contribution in [0.3, 0.4) is 0 Å². The predicted octanol–water partition coefficient (Wildman–Crippen LogP) is 6.52. The van der Waals surface area contributed by atoms with Crippen LogP contribution >= 0.6 is 0 Å². The Labute approximate surface area is 222 Å². The third-order valence-corrected chi connectivity index (χ3v) is 7.92. The van der Waals surface area contributed by atoms with Crippen LogP contribution in [0.1, 0.15) is 24.8 Å². The molecule has 1 N–H and O–H groups in total. The van der Waals surface area contributed by atoms with Gasteiger partial charge in [0.15, 0.2) is 0 Å². The number of H-pyrrole nitrogens is 1. The molecule has 1 saturated heterocycles. The first-order chi connectivity index (χ1) is 18.8. The van der Waals surface area contributed by atoms with E-state index in [1.807, 2.05) is 52.2 Å². The molecule has 7 rings (SSSR count). The van der Waals surface area contributed by atoms with Crippen LogP contribution in [0, 0.1) is 11.8 Å². The van der Waals surface area contributed by atoms with Gasteiger partial charge in [-0.1, -0.05) is 24.3 Å². The molecule has 198 valence electrons. The number of nitrogens with zero attached hydrogens (tertiary/aromatic N) is 4. The van der Waals surface area contributed by atoms with Gasteiger partial charge in [-0.05, 0) is 61.1 Å². The number of hydrogen-bond acceptors (Lipinski definition) is 3. The van der Waals surface area contributed by atoms with E-state index < -0.39 is 11.7 Å². The lowest BCUT2D eigenvalue weighted by Gasteiger charge is -2.18. The molecule has 39 heavy (non-hydrogen) atoms. The summed E-state index contributed by atoms with van der Waals surface area (Å²) in [5.41, 5.74) is 3.88. The molecule has 2 aromatic carbocycles. The summed E-state index contributed by atoms with van der Waals surface area (Å²) < 4.78 is 42.4. The predicted molar refractivity (Wildman–Crippen MR) is 143 cm³/mol. The van der Waals surface area contributed by atoms with E-state index in [1.54, 1.807) is 0 Å². The lowest BCUT2D eigenvalue weighted by atomic mass is 10.0. The van der Waals surface area contributed by atoms with Crippen LogP contribution in [0.5, 0.6) is 0 Å². The number of amides is 1. The highest BCUT2D eigenvalue weighted by molar-refractivity contribution is 5.84. The van der Waals surface area contributed by atoms with E-state index in [0.29, 0.717) is 29.9 Å². The minimum atomic E-state index is -4.44. The molecule has 0 bridgehead atoms. The summed E-state index contributed by atoms with van der Waals surface area (Å²) in [5.74, 6) is 1.26. The van der Waals surface area contributed by atoms with Crippen LogP contribution < -0.4 is 0 Å². The molecular formula is C30H26F3N5O. The Morgan fingerprint density at radius 3 is 2.54 bits per heavy atom. The van der Waals surface area contributed by atoms with Crippen LogP contribution in [0.2, 0.25) is 0 Å². The number of alkyl halides is 3. The van der Waals surface area contributed by atoms with Crippen molar-refractivity contribution in [3.63, 3.8) is 0 Å². The molecule has 1 amide bonds. The molecule has 6 nitrogen and oxygen atoms in total. The van der Waals surface area contributed by atoms with Gasteiger partial charge in [0.1, 0.15) is 11.5 Å². The summed E-state index contributed by atoms with van der Waals surface area (Å²) >= 11 is 0. The van der Waals surface area contributed by atoms with Gasteiger partial charge in [-0.2, -0.15) is 13.2 Å². The van der Waals surface area contributed by atoms with Crippen LogP contribution in [-0.2, 0) is 17.5 Å². The Morgan fingerprint density at radius 2 is 1.77 bits per heavy atom. The van der Waals surface area contributed by atoms with E-state index in [2.05, 4.69) is 16.0 Å². The summed E-state index contributed by atoms with van der Waals surface area (Å²) in [4.78, 5) is 26.8. The molecule has 1 aliphatic heterocycles. The summed E-state index contributed by atoms with van der Waals surface area (Å²) in [6.45, 7) is 1.98. The van der Waals surface area contributed by atoms with Crippen molar-refractivity contribution < 1.29 is 18.0 Å². The first kappa shape index (κ1) is 23.9. The van der Waals surface area contributed by atoms with E-state index in [0.717, 1.165) is 65.7 Å². The average Bonchev–Trinajstić information content (AvgIpc) is 3.33. The molecule has 9 heteroatoms. The molecule has 1 unspecified atom stereocenters. The number of hydrogen-bond donors (Lipinski definition) is 1. The number of pyridine rings is 1. The van der Waals surface area contributed by atoms with Gasteiger partial charge in [-0.25, -0.2) is 9.97 Å². The van der Waals surface area contributed by atoms with Crippen molar-refractivity contribution in [3.8, 4) is 22.5 Å². The van der Waals surface area contributed by atoms with Crippen LogP contribution in [-0.4, -0.2) is 43.4 Å². The third kappa shape index (κ3) is 4.45. The second-order valence-corrected chi connectivity index (χ2v) is 10.7. The number of aromatic amines is 1. The molecule has 1 saturated carbocycles. The number of carbonyl (C=O) groups is 1. The van der Waals surface area contributed by atoms with Gasteiger partial charge < -0.3 is 14.5 Å². The molecule has 3 aromatic heterocycles. The van der Waals surface area contributed by atoms with Crippen LogP contribution in [0.15, 0.2) is 67.0 Å². The second-order valence-electron chi connectivity index (χ2n) is 10.7. The fourth-order valence-electron chi connectivity index (χ4n) is 5.65. The quantitative estimate of drug-likeness (QED) is 0.282. The lowest BCUT2D eigenvalue weighted by molar-refractivity contribution is -0.137. The fraction of sp³-hybridized carbons (Fsp3) is 0.300. The van der Waals surface area contributed by atoms with Crippen LogP contribution in [0.4, 0.5) is 13.2 Å². The van der Waals surface area contributed by atoms with Crippen LogP contribution in [0.25, 0.3) is 44.6 Å². The first-order valence-corrected chi connectivity index (χ1v) is 13.2. The lowest BCUT2D eigenvalue weighted by Crippen LogP contribution is -2.30. The number of halogens is 3. The highest BCUT2D eigenvalue weighted by Gasteiger charge is 2.37. The highest BCUT2D eigenvalue weighted by atomic mass is 19.4. The van der Waals surface area contributed by atoms with Crippen molar-refractivity contribution in [1.82, 2.24) is 24.4 Å². The second kappa shape index (κ2) is 8.97. The number of nitrogens with one attached hydrogen (secondary N) is 1. The molecule has 2 aliphatic rings. The zero-order valence-electron chi connectivity index (χ0n) is 21.1. The molecule has 1 aliphatic carbocycles. The van der Waals surface area contributed by atoms with E-state index in [-0.39, 0.29) is 17.7 Å². The van der Waals surface area contributed by atoms with Gasteiger partial charge in [-0.3, -0.25) is 4.79 Å². The van der Waals surface area contributed by atoms with Crippen molar-refractivity contribution in [2.45, 2.75) is 32.0 Å². The van der Waals surface area contributed by atoms with E-state index in [4.69, 9.17) is 4.98 Å². The summed E-state index contributed by atoms with van der Waals surface area (Å²) in [5, 5.41) is 1.02. The Morgan fingerprint density at radius 1 is 0.974 bits per heavy atom. The normalized spacial score (nSPS) is 17.9. The van der Waals surface area contributed by atoms with Crippen molar-refractivity contribution in [1.29, 1.82) is 0 Å². The van der Waals surface area contributed by atoms with Gasteiger partial charge in [0.05, 0.1) is 16.6 Å². The maximum atomic E-state index is 13.5. The summed E-state index contributed by atoms with van der Waals surface area (Å²) in [7, 11) is 0. The molecule has 1 atom stereocenters. The van der Waals surface area contributed by atoms with Gasteiger partial charge in [0, 0.05) is 54.5 Å². The number of likely N-dealkylation sites (tertiary alicyclic amines) is 1. The van der Waals surface area contributed by atoms with Gasteiger partial charge in [-0.15, -0.1) is 0 Å². The van der Waals surface area contributed by atoms with Crippen molar-refractivity contribution in [3.05, 3.63) is 72.6 Å². The smallest absolute Gasteiger partial charge is 0.346 e. The number of aromatic nitrogens is 4. The number of benzene rings is 2. The summed E-state index contributed by atoms with van der Waals surface area (Å²) in [6.07, 6.45) is 2.04. The highest BCUT2D eigenvalue weighted by Crippen LogP contribution is 2.36. The van der Waals surface area contributed by atoms with E-state index in [1.165, 1.54) is 6.07 Å². The zero-order valence-corrected chi connectivity index (χ0v) is 21.1. The van der Waals surface area contributed by atoms with Gasteiger partial charge in [0.2, 0.25) is 5.91 Å². The number of carbonyl (C=O) groups excluding carboxylic acids is 1. The Balaban J connectivity index is 1.24. The average molecular weight is 530 g/mol. The summed E-state index contributed by atoms with van der Waals surface area (Å²) in [6, 6.07) is 15.7. The Kier molecular flexibility index (Phi) is 5.50. The molecule has 4 heterocycles. The van der Waals surface area contributed by atoms with Gasteiger partial charge >= 0.3 is 6.18 Å². The molecule has 2 fully saturated rings. The minimum absolute atomic E-state index is 0.181. The topological polar surface area (TPSA) is 66.8 Å². The Hall–Kier alpha value is -4.14. The number of imidazole rings is 1. The SMILES string of the molecule is O=C(C1CC1)N1CCC(Cn2c(-c3ccc(-c4cnc5[nH]ccc5c4)cc3)nc3cc(C(F)(F)F)ccc32)C1. The first-order valence-electron chi connectivity index (χ1n) is 13.2. The number of fused-ring (bicyclic) bond motifs is 2. The van der Waals surface area contributed by atoms with E-state index >= 15 is 0 Å². The third-order valence-electron chi connectivity index (χ3n) is 7.92. The van der Waals surface area contributed by atoms with Crippen molar-refractivity contribution >= 4 is 28.0 Å². The number of rotatable bonds is 5. The molecule has 0 spiro atoms. The van der Waals surface area contributed by atoms with E-state index in [9.17, 15) is 18.0 Å². The monoisotopic (exact) mass is 529 g/mol. The maximum absolute atomic E-state index is 13.5. The van der Waals surface area contributed by atoms with Crippen molar-refractivity contribution in [2.24, 2.45) is 11.8 Å². The molecule has 5 aromatic rings. The van der Waals surface area contributed by atoms with Gasteiger partial charge in [0.25, 0.3) is 0 Å². The fourth-order valence-corrected chi connectivity index (χ4v) is 5.65. The Bertz CT molecular complexity index is 1700. The molecular weight excluding hydrogens is 503 g/mol. The standard InChI is InChI=1S/C30H26F3N5O/c31-30(32,33)24-7-8-26-25(14-24)36-28(38(26)17-18-10-12-37(16-18)29(39)21-5-6-21)20-3-1-19(2-4-20)23-13-22-9-11-34-27(22)35-15-23/h1-4,7-9,11,13-15,18,21H,5-6,10,12,16-17H2,(H,34,35). The minimum Gasteiger partial charge on any atom is -0.346 e. The molecule has 0 radical (unpaired) electrons.